The van der Waals surface area contributed by atoms with Crippen LogP contribution in [-0.2, 0) is 4.79 Å². The van der Waals surface area contributed by atoms with Crippen LogP contribution in [0.15, 0.2) is 18.2 Å². The average molecular weight is 238 g/mol. The number of rotatable bonds is 3. The van der Waals surface area contributed by atoms with Gasteiger partial charge in [0.2, 0.25) is 5.91 Å². The Morgan fingerprint density at radius 2 is 2.00 bits per heavy atom. The molecule has 3 nitrogen and oxygen atoms in total. The van der Waals surface area contributed by atoms with Crippen molar-refractivity contribution in [1.29, 1.82) is 0 Å². The molecule has 0 aliphatic rings. The predicted octanol–water partition coefficient (Wildman–Crippen LogP) is 3.24. The van der Waals surface area contributed by atoms with Gasteiger partial charge in [0.25, 0.3) is 0 Å². The van der Waals surface area contributed by atoms with Gasteiger partial charge in [0.15, 0.2) is 0 Å². The fourth-order valence-corrected chi connectivity index (χ4v) is 1.29. The van der Waals surface area contributed by atoms with Crippen molar-refractivity contribution >= 4 is 17.3 Å². The number of amides is 1. The Bertz CT molecular complexity index is 410. The molecule has 1 rings (SSSR count). The highest BCUT2D eigenvalue weighted by Crippen LogP contribution is 2.21. The molecule has 0 spiro atoms. The van der Waals surface area contributed by atoms with Crippen LogP contribution in [0, 0.1) is 11.2 Å². The van der Waals surface area contributed by atoms with Crippen molar-refractivity contribution < 1.29 is 9.18 Å². The Morgan fingerprint density at radius 1 is 1.35 bits per heavy atom. The molecule has 1 aromatic carbocycles. The summed E-state index contributed by atoms with van der Waals surface area (Å²) >= 11 is 0. The highest BCUT2D eigenvalue weighted by atomic mass is 19.1. The van der Waals surface area contributed by atoms with Crippen molar-refractivity contribution in [3.05, 3.63) is 24.0 Å². The molecule has 0 atom stereocenters. The van der Waals surface area contributed by atoms with Crippen molar-refractivity contribution in [2.45, 2.75) is 27.7 Å². The van der Waals surface area contributed by atoms with E-state index in [0.717, 1.165) is 12.2 Å². The molecule has 0 unspecified atom stereocenters. The topological polar surface area (TPSA) is 41.1 Å². The van der Waals surface area contributed by atoms with Crippen LogP contribution in [0.25, 0.3) is 0 Å². The molecular formula is C13H19FN2O. The van der Waals surface area contributed by atoms with Crippen molar-refractivity contribution in [3.63, 3.8) is 0 Å². The zero-order valence-electron chi connectivity index (χ0n) is 10.7. The summed E-state index contributed by atoms with van der Waals surface area (Å²) in [4.78, 5) is 10.9. The van der Waals surface area contributed by atoms with Crippen molar-refractivity contribution in [2.75, 3.05) is 17.2 Å². The van der Waals surface area contributed by atoms with E-state index in [1.165, 1.54) is 13.0 Å². The molecule has 2 N–H and O–H groups in total. The summed E-state index contributed by atoms with van der Waals surface area (Å²) in [5.41, 5.74) is 1.14. The summed E-state index contributed by atoms with van der Waals surface area (Å²) in [6.45, 7) is 8.46. The Kier molecular flexibility index (Phi) is 4.10. The normalized spacial score (nSPS) is 11.1. The van der Waals surface area contributed by atoms with Gasteiger partial charge in [-0.3, -0.25) is 4.79 Å². The highest BCUT2D eigenvalue weighted by molar-refractivity contribution is 5.89. The maximum absolute atomic E-state index is 13.4. The summed E-state index contributed by atoms with van der Waals surface area (Å²) < 4.78 is 13.4. The number of halogens is 1. The van der Waals surface area contributed by atoms with Gasteiger partial charge in [-0.15, -0.1) is 0 Å². The lowest BCUT2D eigenvalue weighted by Gasteiger charge is -2.20. The van der Waals surface area contributed by atoms with Gasteiger partial charge in [-0.1, -0.05) is 20.8 Å². The standard InChI is InChI=1S/C13H19FN2O/c1-9(17)16-12-7-10(5-6-11(12)14)15-8-13(2,3)4/h5-7,15H,8H2,1-4H3,(H,16,17). The van der Waals surface area contributed by atoms with Gasteiger partial charge in [0, 0.05) is 19.2 Å². The molecular weight excluding hydrogens is 219 g/mol. The van der Waals surface area contributed by atoms with E-state index >= 15 is 0 Å². The third-order valence-corrected chi connectivity index (χ3v) is 2.10. The van der Waals surface area contributed by atoms with Gasteiger partial charge in [-0.05, 0) is 23.6 Å². The molecule has 0 aromatic heterocycles. The van der Waals surface area contributed by atoms with Crippen LogP contribution in [0.5, 0.6) is 0 Å². The van der Waals surface area contributed by atoms with E-state index in [1.54, 1.807) is 12.1 Å². The van der Waals surface area contributed by atoms with Crippen LogP contribution < -0.4 is 10.6 Å². The molecule has 0 radical (unpaired) electrons. The third-order valence-electron chi connectivity index (χ3n) is 2.10. The minimum atomic E-state index is -0.429. The van der Waals surface area contributed by atoms with E-state index in [2.05, 4.69) is 31.4 Å². The number of carbonyl (C=O) groups excluding carboxylic acids is 1. The smallest absolute Gasteiger partial charge is 0.221 e. The van der Waals surface area contributed by atoms with E-state index in [9.17, 15) is 9.18 Å². The summed E-state index contributed by atoms with van der Waals surface area (Å²) in [5, 5.41) is 5.66. The Morgan fingerprint density at radius 3 is 2.53 bits per heavy atom. The van der Waals surface area contributed by atoms with Crippen molar-refractivity contribution in [2.24, 2.45) is 5.41 Å². The Balaban J connectivity index is 2.78. The number of anilines is 2. The molecule has 1 amide bonds. The fraction of sp³-hybridized carbons (Fsp3) is 0.462. The summed E-state index contributed by atoms with van der Waals surface area (Å²) in [5.74, 6) is -0.710. The second-order valence-corrected chi connectivity index (χ2v) is 5.29. The molecule has 94 valence electrons. The van der Waals surface area contributed by atoms with Crippen molar-refractivity contribution in [1.82, 2.24) is 0 Å². The SMILES string of the molecule is CC(=O)Nc1cc(NCC(C)(C)C)ccc1F. The van der Waals surface area contributed by atoms with Crippen LogP contribution in [0.4, 0.5) is 15.8 Å². The Hall–Kier alpha value is -1.58. The molecule has 17 heavy (non-hydrogen) atoms. The van der Waals surface area contributed by atoms with Crippen LogP contribution in [0.2, 0.25) is 0 Å². The lowest BCUT2D eigenvalue weighted by molar-refractivity contribution is -0.114. The molecule has 0 heterocycles. The molecule has 0 fully saturated rings. The first-order chi connectivity index (χ1) is 7.78. The first-order valence-electron chi connectivity index (χ1n) is 5.59. The zero-order chi connectivity index (χ0) is 13.1. The first-order valence-corrected chi connectivity index (χ1v) is 5.59. The van der Waals surface area contributed by atoms with E-state index < -0.39 is 5.82 Å². The lowest BCUT2D eigenvalue weighted by Crippen LogP contribution is -2.19. The molecule has 1 aromatic rings. The van der Waals surface area contributed by atoms with E-state index in [4.69, 9.17) is 0 Å². The number of hydrogen-bond donors (Lipinski definition) is 2. The van der Waals surface area contributed by atoms with Crippen LogP contribution in [-0.4, -0.2) is 12.5 Å². The molecule has 0 bridgehead atoms. The van der Waals surface area contributed by atoms with Crippen molar-refractivity contribution in [3.8, 4) is 0 Å². The Labute approximate surface area is 101 Å². The summed E-state index contributed by atoms with van der Waals surface area (Å²) in [6, 6.07) is 4.60. The van der Waals surface area contributed by atoms with Crippen LogP contribution in [0.3, 0.4) is 0 Å². The summed E-state index contributed by atoms with van der Waals surface area (Å²) in [6.07, 6.45) is 0. The monoisotopic (exact) mass is 238 g/mol. The van der Waals surface area contributed by atoms with Crippen LogP contribution in [0.1, 0.15) is 27.7 Å². The maximum Gasteiger partial charge on any atom is 0.221 e. The number of carbonyl (C=O) groups is 1. The quantitative estimate of drug-likeness (QED) is 0.848. The summed E-state index contributed by atoms with van der Waals surface area (Å²) in [7, 11) is 0. The average Bonchev–Trinajstić information content (AvgIpc) is 2.17. The van der Waals surface area contributed by atoms with Gasteiger partial charge < -0.3 is 10.6 Å². The maximum atomic E-state index is 13.4. The number of hydrogen-bond acceptors (Lipinski definition) is 2. The molecule has 0 saturated heterocycles. The van der Waals surface area contributed by atoms with Gasteiger partial charge >= 0.3 is 0 Å². The first kappa shape index (κ1) is 13.5. The van der Waals surface area contributed by atoms with Gasteiger partial charge in [-0.2, -0.15) is 0 Å². The molecule has 0 aliphatic carbocycles. The minimum Gasteiger partial charge on any atom is -0.384 e. The third kappa shape index (κ3) is 4.85. The second kappa shape index (κ2) is 5.17. The number of benzene rings is 1. The highest BCUT2D eigenvalue weighted by Gasteiger charge is 2.10. The number of nitrogens with one attached hydrogen (secondary N) is 2. The second-order valence-electron chi connectivity index (χ2n) is 5.29. The van der Waals surface area contributed by atoms with Gasteiger partial charge in [0.1, 0.15) is 5.82 Å². The van der Waals surface area contributed by atoms with E-state index in [-0.39, 0.29) is 17.0 Å². The van der Waals surface area contributed by atoms with E-state index in [0.29, 0.717) is 0 Å². The predicted molar refractivity (Wildman–Crippen MR) is 68.6 cm³/mol. The molecule has 4 heteroatoms. The lowest BCUT2D eigenvalue weighted by atomic mass is 9.97. The van der Waals surface area contributed by atoms with Gasteiger partial charge in [-0.25, -0.2) is 4.39 Å². The zero-order valence-corrected chi connectivity index (χ0v) is 10.7. The van der Waals surface area contributed by atoms with Gasteiger partial charge in [0.05, 0.1) is 5.69 Å². The molecule has 0 aliphatic heterocycles. The molecule has 0 saturated carbocycles. The van der Waals surface area contributed by atoms with Crippen LogP contribution >= 0.6 is 0 Å². The minimum absolute atomic E-state index is 0.141. The van der Waals surface area contributed by atoms with E-state index in [1.807, 2.05) is 0 Å². The fourth-order valence-electron chi connectivity index (χ4n) is 1.29. The largest absolute Gasteiger partial charge is 0.384 e.